The van der Waals surface area contributed by atoms with Crippen molar-refractivity contribution in [2.45, 2.75) is 23.3 Å². The number of rotatable bonds is 6. The third kappa shape index (κ3) is 3.71. The molecule has 0 atom stereocenters. The molecule has 2 aromatic heterocycles. The van der Waals surface area contributed by atoms with Crippen LogP contribution in [0.2, 0.25) is 0 Å². The first-order chi connectivity index (χ1) is 9.70. The predicted molar refractivity (Wildman–Crippen MR) is 75.3 cm³/mol. The molecular weight excluding hydrogens is 276 g/mol. The summed E-state index contributed by atoms with van der Waals surface area (Å²) in [5.74, 6) is -0.344. The van der Waals surface area contributed by atoms with Crippen molar-refractivity contribution in [2.24, 2.45) is 0 Å². The summed E-state index contributed by atoms with van der Waals surface area (Å²) in [5, 5.41) is 9.65. The second-order valence-electron chi connectivity index (χ2n) is 3.94. The van der Waals surface area contributed by atoms with E-state index >= 15 is 0 Å². The summed E-state index contributed by atoms with van der Waals surface area (Å²) in [4.78, 5) is 19.7. The maximum absolute atomic E-state index is 10.9. The van der Waals surface area contributed by atoms with Gasteiger partial charge in [0.05, 0.1) is 6.61 Å². The van der Waals surface area contributed by atoms with Gasteiger partial charge in [-0.2, -0.15) is 0 Å². The fourth-order valence-corrected chi connectivity index (χ4v) is 2.34. The molecule has 20 heavy (non-hydrogen) atoms. The Hall–Kier alpha value is -2.08. The average Bonchev–Trinajstić information content (AvgIpc) is 2.46. The maximum Gasteiger partial charge on any atom is 0.354 e. The smallest absolute Gasteiger partial charge is 0.354 e. The van der Waals surface area contributed by atoms with Crippen molar-refractivity contribution in [1.29, 1.82) is 0 Å². The average molecular weight is 290 g/mol. The molecule has 2 aromatic rings. The first-order valence-corrected chi connectivity index (χ1v) is 6.97. The summed E-state index contributed by atoms with van der Waals surface area (Å²) in [6.07, 6.45) is 4.07. The first-order valence-electron chi connectivity index (χ1n) is 6.15. The van der Waals surface area contributed by atoms with Crippen molar-refractivity contribution in [3.8, 4) is 5.75 Å². The number of aromatic nitrogens is 2. The Bertz CT molecular complexity index is 604. The van der Waals surface area contributed by atoms with E-state index in [2.05, 4.69) is 9.97 Å². The Morgan fingerprint density at radius 2 is 2.20 bits per heavy atom. The van der Waals surface area contributed by atoms with Crippen molar-refractivity contribution in [2.75, 3.05) is 6.61 Å². The molecule has 0 unspecified atom stereocenters. The van der Waals surface area contributed by atoms with Gasteiger partial charge in [0.1, 0.15) is 10.7 Å². The van der Waals surface area contributed by atoms with Gasteiger partial charge in [-0.05, 0) is 30.7 Å². The van der Waals surface area contributed by atoms with Gasteiger partial charge in [0, 0.05) is 17.3 Å². The Kier molecular flexibility index (Phi) is 4.95. The van der Waals surface area contributed by atoms with Gasteiger partial charge in [-0.25, -0.2) is 14.8 Å². The lowest BCUT2D eigenvalue weighted by Gasteiger charge is -2.09. The zero-order valence-electron chi connectivity index (χ0n) is 10.9. The van der Waals surface area contributed by atoms with E-state index in [1.165, 1.54) is 24.0 Å². The van der Waals surface area contributed by atoms with Crippen LogP contribution in [0.25, 0.3) is 0 Å². The van der Waals surface area contributed by atoms with Gasteiger partial charge in [0.15, 0.2) is 5.75 Å². The Balaban J connectivity index is 2.21. The molecule has 5 nitrogen and oxygen atoms in total. The third-order valence-corrected chi connectivity index (χ3v) is 3.35. The van der Waals surface area contributed by atoms with Crippen molar-refractivity contribution in [1.82, 2.24) is 9.97 Å². The van der Waals surface area contributed by atoms with Crippen molar-refractivity contribution in [3.05, 3.63) is 42.4 Å². The van der Waals surface area contributed by atoms with Gasteiger partial charge in [0.2, 0.25) is 0 Å². The molecule has 0 fully saturated rings. The summed E-state index contributed by atoms with van der Waals surface area (Å²) >= 11 is 1.36. The monoisotopic (exact) mass is 290 g/mol. The number of carboxylic acids is 1. The van der Waals surface area contributed by atoms with E-state index in [0.29, 0.717) is 17.4 Å². The van der Waals surface area contributed by atoms with Gasteiger partial charge < -0.3 is 9.84 Å². The van der Waals surface area contributed by atoms with Crippen molar-refractivity contribution in [3.63, 3.8) is 0 Å². The quantitative estimate of drug-likeness (QED) is 0.881. The van der Waals surface area contributed by atoms with E-state index in [4.69, 9.17) is 9.84 Å². The molecule has 0 saturated carbocycles. The Morgan fingerprint density at radius 1 is 1.35 bits per heavy atom. The van der Waals surface area contributed by atoms with Crippen LogP contribution in [-0.4, -0.2) is 27.7 Å². The zero-order valence-corrected chi connectivity index (χ0v) is 11.8. The molecule has 0 saturated heterocycles. The zero-order chi connectivity index (χ0) is 14.4. The molecule has 0 aromatic carbocycles. The van der Waals surface area contributed by atoms with Crippen LogP contribution in [-0.2, 0) is 0 Å². The molecule has 0 radical (unpaired) electrons. The molecule has 0 aliphatic heterocycles. The Labute approximate surface area is 121 Å². The molecule has 0 amide bonds. The molecule has 0 spiro atoms. The molecule has 2 rings (SSSR count). The van der Waals surface area contributed by atoms with E-state index < -0.39 is 5.97 Å². The van der Waals surface area contributed by atoms with Gasteiger partial charge >= 0.3 is 5.97 Å². The minimum absolute atomic E-state index is 0.0157. The SMILES string of the molecule is CCCOc1cccnc1Sc1ccnc(C(=O)O)c1. The van der Waals surface area contributed by atoms with Crippen LogP contribution in [0.15, 0.2) is 46.6 Å². The second-order valence-corrected chi connectivity index (χ2v) is 5.00. The number of pyridine rings is 2. The molecular formula is C14H14N2O3S. The Morgan fingerprint density at radius 3 is 2.95 bits per heavy atom. The lowest BCUT2D eigenvalue weighted by Crippen LogP contribution is -2.00. The van der Waals surface area contributed by atoms with E-state index in [1.54, 1.807) is 12.3 Å². The molecule has 6 heteroatoms. The standard InChI is InChI=1S/C14H14N2O3S/c1-2-8-19-12-4-3-6-16-13(12)20-10-5-7-15-11(9-10)14(17)18/h3-7,9H,2,8H2,1H3,(H,17,18). The third-order valence-electron chi connectivity index (χ3n) is 2.36. The molecule has 0 aliphatic carbocycles. The van der Waals surface area contributed by atoms with Crippen LogP contribution >= 0.6 is 11.8 Å². The largest absolute Gasteiger partial charge is 0.491 e. The molecule has 0 bridgehead atoms. The number of nitrogens with zero attached hydrogens (tertiary/aromatic N) is 2. The lowest BCUT2D eigenvalue weighted by molar-refractivity contribution is 0.0690. The van der Waals surface area contributed by atoms with Crippen LogP contribution in [0.4, 0.5) is 0 Å². The summed E-state index contributed by atoms with van der Waals surface area (Å²) in [6.45, 7) is 2.65. The highest BCUT2D eigenvalue weighted by atomic mass is 32.2. The van der Waals surface area contributed by atoms with Crippen LogP contribution in [0.1, 0.15) is 23.8 Å². The number of carbonyl (C=O) groups is 1. The number of hydrogen-bond acceptors (Lipinski definition) is 5. The molecule has 0 aliphatic rings. The summed E-state index contributed by atoms with van der Waals surface area (Å²) in [5.41, 5.74) is 0.0157. The highest BCUT2D eigenvalue weighted by molar-refractivity contribution is 7.99. The fourth-order valence-electron chi connectivity index (χ4n) is 1.48. The minimum atomic E-state index is -1.05. The van der Waals surface area contributed by atoms with Crippen LogP contribution in [0, 0.1) is 0 Å². The maximum atomic E-state index is 10.9. The predicted octanol–water partition coefficient (Wildman–Crippen LogP) is 3.11. The van der Waals surface area contributed by atoms with Crippen molar-refractivity contribution < 1.29 is 14.6 Å². The van der Waals surface area contributed by atoms with Gasteiger partial charge in [0.25, 0.3) is 0 Å². The van der Waals surface area contributed by atoms with E-state index in [9.17, 15) is 4.79 Å². The first kappa shape index (κ1) is 14.3. The molecule has 1 N–H and O–H groups in total. The number of ether oxygens (including phenoxy) is 1. The fraction of sp³-hybridized carbons (Fsp3) is 0.214. The van der Waals surface area contributed by atoms with Crippen LogP contribution in [0.3, 0.4) is 0 Å². The second kappa shape index (κ2) is 6.91. The minimum Gasteiger partial charge on any atom is -0.491 e. The van der Waals surface area contributed by atoms with E-state index in [-0.39, 0.29) is 5.69 Å². The highest BCUT2D eigenvalue weighted by Gasteiger charge is 2.10. The van der Waals surface area contributed by atoms with E-state index in [1.807, 2.05) is 19.1 Å². The van der Waals surface area contributed by atoms with Crippen LogP contribution in [0.5, 0.6) is 5.75 Å². The van der Waals surface area contributed by atoms with E-state index in [0.717, 1.165) is 11.3 Å². The number of carboxylic acid groups (broad SMARTS) is 1. The van der Waals surface area contributed by atoms with Gasteiger partial charge in [-0.3, -0.25) is 0 Å². The van der Waals surface area contributed by atoms with Crippen molar-refractivity contribution >= 4 is 17.7 Å². The number of hydrogen-bond donors (Lipinski definition) is 1. The normalized spacial score (nSPS) is 10.2. The van der Waals surface area contributed by atoms with Gasteiger partial charge in [-0.15, -0.1) is 0 Å². The lowest BCUT2D eigenvalue weighted by atomic mass is 10.3. The summed E-state index contributed by atoms with van der Waals surface area (Å²) < 4.78 is 5.62. The van der Waals surface area contributed by atoms with Gasteiger partial charge in [-0.1, -0.05) is 18.7 Å². The number of aromatic carboxylic acids is 1. The van der Waals surface area contributed by atoms with Crippen LogP contribution < -0.4 is 4.74 Å². The highest BCUT2D eigenvalue weighted by Crippen LogP contribution is 2.32. The topological polar surface area (TPSA) is 72.3 Å². The molecule has 104 valence electrons. The summed E-state index contributed by atoms with van der Waals surface area (Å²) in [7, 11) is 0. The molecule has 2 heterocycles. The summed E-state index contributed by atoms with van der Waals surface area (Å²) in [6, 6.07) is 6.93.